The Morgan fingerprint density at radius 3 is 3.12 bits per heavy atom. The van der Waals surface area contributed by atoms with Gasteiger partial charge < -0.3 is 9.30 Å². The van der Waals surface area contributed by atoms with Gasteiger partial charge in [0.15, 0.2) is 0 Å². The highest BCUT2D eigenvalue weighted by atomic mass is 16.5. The van der Waals surface area contributed by atoms with Gasteiger partial charge in [0, 0.05) is 35.7 Å². The van der Waals surface area contributed by atoms with Crippen LogP contribution in [0.3, 0.4) is 0 Å². The number of hydrogen-bond acceptors (Lipinski definition) is 3. The summed E-state index contributed by atoms with van der Waals surface area (Å²) >= 11 is 0. The van der Waals surface area contributed by atoms with Crippen molar-refractivity contribution in [1.82, 2.24) is 9.55 Å². The van der Waals surface area contributed by atoms with Crippen LogP contribution in [0.25, 0.3) is 21.5 Å². The second kappa shape index (κ2) is 4.55. The van der Waals surface area contributed by atoms with E-state index >= 15 is 0 Å². The molecule has 2 aromatic heterocycles. The Morgan fingerprint density at radius 2 is 2.38 bits per heavy atom. The fourth-order valence-electron chi connectivity index (χ4n) is 1.53. The van der Waals surface area contributed by atoms with Crippen molar-refractivity contribution in [1.29, 1.82) is 0 Å². The number of ether oxygens (including phenoxy) is 1. The summed E-state index contributed by atoms with van der Waals surface area (Å²) in [6.07, 6.45) is 1.92. The first-order valence-corrected chi connectivity index (χ1v) is 4.86. The molecule has 0 aliphatic carbocycles. The molecule has 0 saturated carbocycles. The summed E-state index contributed by atoms with van der Waals surface area (Å²) in [6.45, 7) is 1.03. The number of azide groups is 1. The fourth-order valence-corrected chi connectivity index (χ4v) is 1.53. The van der Waals surface area contributed by atoms with Crippen LogP contribution in [0.4, 0.5) is 0 Å². The third-order valence-electron chi connectivity index (χ3n) is 2.30. The standard InChI is InChI=1S/C10H11N5O/c1-16-9-3-2-8-4-6-15(10(8)13-9)7-5-12-14-11/h2-4,6H,5,7H2,1H3. The monoisotopic (exact) mass is 217 g/mol. The van der Waals surface area contributed by atoms with E-state index in [-0.39, 0.29) is 0 Å². The van der Waals surface area contributed by atoms with Gasteiger partial charge in [-0.05, 0) is 17.7 Å². The smallest absolute Gasteiger partial charge is 0.214 e. The third kappa shape index (κ3) is 1.92. The quantitative estimate of drug-likeness (QED) is 0.447. The Balaban J connectivity index is 2.33. The molecule has 82 valence electrons. The lowest BCUT2D eigenvalue weighted by Gasteiger charge is -2.03. The summed E-state index contributed by atoms with van der Waals surface area (Å²) < 4.78 is 7.00. The van der Waals surface area contributed by atoms with Crippen LogP contribution in [0.15, 0.2) is 29.5 Å². The molecule has 0 aromatic carbocycles. The van der Waals surface area contributed by atoms with Gasteiger partial charge in [0.1, 0.15) is 5.65 Å². The van der Waals surface area contributed by atoms with Crippen LogP contribution in [0, 0.1) is 0 Å². The number of aromatic nitrogens is 2. The van der Waals surface area contributed by atoms with Crippen LogP contribution >= 0.6 is 0 Å². The van der Waals surface area contributed by atoms with E-state index in [0.29, 0.717) is 19.0 Å². The molecule has 6 nitrogen and oxygen atoms in total. The lowest BCUT2D eigenvalue weighted by Crippen LogP contribution is -2.00. The summed E-state index contributed by atoms with van der Waals surface area (Å²) in [6, 6.07) is 5.74. The van der Waals surface area contributed by atoms with Crippen molar-refractivity contribution in [3.8, 4) is 5.88 Å². The summed E-state index contributed by atoms with van der Waals surface area (Å²) in [5, 5.41) is 4.54. The van der Waals surface area contributed by atoms with Crippen molar-refractivity contribution in [2.75, 3.05) is 13.7 Å². The van der Waals surface area contributed by atoms with Crippen molar-refractivity contribution in [3.63, 3.8) is 0 Å². The first-order valence-electron chi connectivity index (χ1n) is 4.86. The molecule has 0 bridgehead atoms. The van der Waals surface area contributed by atoms with Crippen LogP contribution < -0.4 is 4.74 Å². The van der Waals surface area contributed by atoms with Gasteiger partial charge in [-0.3, -0.25) is 0 Å². The van der Waals surface area contributed by atoms with Crippen LogP contribution in [-0.2, 0) is 6.54 Å². The van der Waals surface area contributed by atoms with Gasteiger partial charge in [-0.25, -0.2) is 0 Å². The maximum Gasteiger partial charge on any atom is 0.214 e. The lowest BCUT2D eigenvalue weighted by molar-refractivity contribution is 0.399. The van der Waals surface area contributed by atoms with E-state index in [4.69, 9.17) is 10.3 Å². The van der Waals surface area contributed by atoms with Crippen molar-refractivity contribution in [3.05, 3.63) is 34.8 Å². The van der Waals surface area contributed by atoms with Crippen LogP contribution in [0.2, 0.25) is 0 Å². The summed E-state index contributed by atoms with van der Waals surface area (Å²) in [5.74, 6) is 0.580. The topological polar surface area (TPSA) is 75.8 Å². The molecular weight excluding hydrogens is 206 g/mol. The average molecular weight is 217 g/mol. The Morgan fingerprint density at radius 1 is 1.50 bits per heavy atom. The van der Waals surface area contributed by atoms with Gasteiger partial charge in [0.25, 0.3) is 0 Å². The van der Waals surface area contributed by atoms with Gasteiger partial charge in [0.05, 0.1) is 7.11 Å². The maximum atomic E-state index is 8.20. The van der Waals surface area contributed by atoms with E-state index in [1.54, 1.807) is 7.11 Å². The van der Waals surface area contributed by atoms with Gasteiger partial charge in [-0.1, -0.05) is 5.11 Å². The van der Waals surface area contributed by atoms with E-state index in [1.165, 1.54) is 0 Å². The predicted octanol–water partition coefficient (Wildman–Crippen LogP) is 2.36. The van der Waals surface area contributed by atoms with Crippen molar-refractivity contribution < 1.29 is 4.74 Å². The molecule has 0 atom stereocenters. The van der Waals surface area contributed by atoms with Crippen LogP contribution in [0.5, 0.6) is 5.88 Å². The predicted molar refractivity (Wildman–Crippen MR) is 60.3 cm³/mol. The molecule has 2 aromatic rings. The number of hydrogen-bond donors (Lipinski definition) is 0. The Labute approximate surface area is 92.1 Å². The van der Waals surface area contributed by atoms with Gasteiger partial charge in [-0.2, -0.15) is 4.98 Å². The highest BCUT2D eigenvalue weighted by molar-refractivity contribution is 5.76. The fraction of sp³-hybridized carbons (Fsp3) is 0.300. The maximum absolute atomic E-state index is 8.20. The zero-order valence-corrected chi connectivity index (χ0v) is 8.87. The van der Waals surface area contributed by atoms with E-state index in [9.17, 15) is 0 Å². The molecule has 0 fully saturated rings. The average Bonchev–Trinajstić information content (AvgIpc) is 2.72. The Bertz CT molecular complexity index is 541. The van der Waals surface area contributed by atoms with Gasteiger partial charge in [-0.15, -0.1) is 0 Å². The first kappa shape index (κ1) is 10.3. The first-order chi connectivity index (χ1) is 7.85. The molecule has 0 aliphatic heterocycles. The zero-order valence-electron chi connectivity index (χ0n) is 8.87. The number of nitrogens with zero attached hydrogens (tertiary/aromatic N) is 5. The van der Waals surface area contributed by atoms with Gasteiger partial charge in [0.2, 0.25) is 5.88 Å². The van der Waals surface area contributed by atoms with Crippen LogP contribution in [-0.4, -0.2) is 23.2 Å². The second-order valence-corrected chi connectivity index (χ2v) is 3.23. The van der Waals surface area contributed by atoms with Crippen molar-refractivity contribution >= 4 is 11.0 Å². The molecule has 0 saturated heterocycles. The van der Waals surface area contributed by atoms with E-state index < -0.39 is 0 Å². The molecule has 6 heteroatoms. The molecule has 0 radical (unpaired) electrons. The van der Waals surface area contributed by atoms with Crippen molar-refractivity contribution in [2.45, 2.75) is 6.54 Å². The Kier molecular flexibility index (Phi) is 2.93. The number of methoxy groups -OCH3 is 1. The number of fused-ring (bicyclic) bond motifs is 1. The molecule has 0 N–H and O–H groups in total. The molecule has 0 spiro atoms. The summed E-state index contributed by atoms with van der Waals surface area (Å²) in [4.78, 5) is 7.05. The summed E-state index contributed by atoms with van der Waals surface area (Å²) in [7, 11) is 1.58. The minimum absolute atomic E-state index is 0.416. The van der Waals surface area contributed by atoms with Gasteiger partial charge >= 0.3 is 0 Å². The molecular formula is C10H11N5O. The minimum Gasteiger partial charge on any atom is -0.481 e. The largest absolute Gasteiger partial charge is 0.481 e. The summed E-state index contributed by atoms with van der Waals surface area (Å²) in [5.41, 5.74) is 9.04. The minimum atomic E-state index is 0.416. The normalized spacial score (nSPS) is 10.1. The van der Waals surface area contributed by atoms with E-state index in [0.717, 1.165) is 11.0 Å². The number of pyridine rings is 1. The molecule has 2 rings (SSSR count). The van der Waals surface area contributed by atoms with Crippen LogP contribution in [0.1, 0.15) is 0 Å². The van der Waals surface area contributed by atoms with E-state index in [2.05, 4.69) is 15.0 Å². The number of rotatable bonds is 4. The highest BCUT2D eigenvalue weighted by Crippen LogP contribution is 2.17. The van der Waals surface area contributed by atoms with Crippen molar-refractivity contribution in [2.24, 2.45) is 5.11 Å². The van der Waals surface area contributed by atoms with E-state index in [1.807, 2.05) is 29.0 Å². The molecule has 0 unspecified atom stereocenters. The molecule has 0 amide bonds. The zero-order chi connectivity index (χ0) is 11.4. The molecule has 2 heterocycles. The second-order valence-electron chi connectivity index (χ2n) is 3.23. The lowest BCUT2D eigenvalue weighted by atomic mass is 10.3. The molecule has 16 heavy (non-hydrogen) atoms. The Hall–Kier alpha value is -2.20. The highest BCUT2D eigenvalue weighted by Gasteiger charge is 2.03. The molecule has 0 aliphatic rings. The third-order valence-corrected chi connectivity index (χ3v) is 2.30. The SMILES string of the molecule is COc1ccc2ccn(CCN=[N+]=[N-])c2n1.